The third-order valence-corrected chi connectivity index (χ3v) is 2.82. The van der Waals surface area contributed by atoms with Crippen LogP contribution in [-0.4, -0.2) is 49.3 Å². The molecule has 1 unspecified atom stereocenters. The normalized spacial score (nSPS) is 12.5. The summed E-state index contributed by atoms with van der Waals surface area (Å²) < 4.78 is 0. The summed E-state index contributed by atoms with van der Waals surface area (Å²) >= 11 is 0. The molecule has 0 saturated carbocycles. The van der Waals surface area contributed by atoms with Crippen molar-refractivity contribution in [1.82, 2.24) is 9.80 Å². The molecule has 0 aliphatic rings. The molecule has 1 atom stereocenters. The fourth-order valence-electron chi connectivity index (χ4n) is 1.42. The number of amides is 2. The molecule has 0 aromatic rings. The van der Waals surface area contributed by atoms with Gasteiger partial charge >= 0.3 is 0 Å². The molecule has 104 valence electrons. The number of carbonyl (C=O) groups is 2. The number of nitrogens with zero attached hydrogens (tertiary/aromatic N) is 2. The zero-order valence-electron chi connectivity index (χ0n) is 12.3. The molecule has 0 bridgehead atoms. The molecule has 0 heterocycles. The Hall–Kier alpha value is -1.32. The van der Waals surface area contributed by atoms with E-state index in [1.54, 1.807) is 30.0 Å². The van der Waals surface area contributed by atoms with Crippen molar-refractivity contribution in [3.8, 4) is 0 Å². The number of rotatable bonds is 7. The molecule has 4 heteroatoms. The Morgan fingerprint density at radius 1 is 1.22 bits per heavy atom. The SMILES string of the molecule is CCCC(=O)N(C)CCC(C)C=CC(=O)N(C)C. The monoisotopic (exact) mass is 254 g/mol. The first kappa shape index (κ1) is 16.7. The summed E-state index contributed by atoms with van der Waals surface area (Å²) in [6, 6.07) is 0. The lowest BCUT2D eigenvalue weighted by Crippen LogP contribution is -2.28. The Labute approximate surface area is 111 Å². The standard InChI is InChI=1S/C14H26N2O2/c1-6-7-14(18)16(5)11-10-12(2)8-9-13(17)15(3)4/h8-9,12H,6-7,10-11H2,1-5H3. The second-order valence-corrected chi connectivity index (χ2v) is 4.92. The van der Waals surface area contributed by atoms with Crippen LogP contribution in [0.25, 0.3) is 0 Å². The third-order valence-electron chi connectivity index (χ3n) is 2.82. The van der Waals surface area contributed by atoms with Crippen molar-refractivity contribution in [3.05, 3.63) is 12.2 Å². The van der Waals surface area contributed by atoms with Gasteiger partial charge in [-0.05, 0) is 24.8 Å². The molecule has 0 N–H and O–H groups in total. The van der Waals surface area contributed by atoms with E-state index in [1.807, 2.05) is 20.0 Å². The number of carbonyl (C=O) groups excluding carboxylic acids is 2. The van der Waals surface area contributed by atoms with Crippen LogP contribution in [0.5, 0.6) is 0 Å². The van der Waals surface area contributed by atoms with Crippen molar-refractivity contribution in [2.24, 2.45) is 5.92 Å². The van der Waals surface area contributed by atoms with Gasteiger partial charge in [-0.15, -0.1) is 0 Å². The van der Waals surface area contributed by atoms with E-state index < -0.39 is 0 Å². The van der Waals surface area contributed by atoms with Gasteiger partial charge in [0.05, 0.1) is 0 Å². The highest BCUT2D eigenvalue weighted by atomic mass is 16.2. The first-order valence-electron chi connectivity index (χ1n) is 6.51. The summed E-state index contributed by atoms with van der Waals surface area (Å²) in [6.45, 7) is 4.79. The first-order chi connectivity index (χ1) is 8.38. The minimum atomic E-state index is -0.00253. The summed E-state index contributed by atoms with van der Waals surface area (Å²) in [5, 5.41) is 0. The largest absolute Gasteiger partial charge is 0.346 e. The Kier molecular flexibility index (Phi) is 8.08. The maximum absolute atomic E-state index is 11.6. The Morgan fingerprint density at radius 3 is 2.33 bits per heavy atom. The zero-order chi connectivity index (χ0) is 14.1. The average molecular weight is 254 g/mol. The molecule has 0 aromatic heterocycles. The third kappa shape index (κ3) is 7.09. The van der Waals surface area contributed by atoms with Crippen LogP contribution in [0.1, 0.15) is 33.1 Å². The maximum atomic E-state index is 11.6. The molecule has 0 fully saturated rings. The smallest absolute Gasteiger partial charge is 0.245 e. The molecule has 0 spiro atoms. The number of likely N-dealkylation sites (N-methyl/N-ethyl adjacent to an activating group) is 1. The highest BCUT2D eigenvalue weighted by Gasteiger charge is 2.08. The summed E-state index contributed by atoms with van der Waals surface area (Å²) in [7, 11) is 5.29. The molecular weight excluding hydrogens is 228 g/mol. The molecular formula is C14H26N2O2. The lowest BCUT2D eigenvalue weighted by molar-refractivity contribution is -0.130. The quantitative estimate of drug-likeness (QED) is 0.651. The fourth-order valence-corrected chi connectivity index (χ4v) is 1.42. The van der Waals surface area contributed by atoms with Gasteiger partial charge in [-0.2, -0.15) is 0 Å². The van der Waals surface area contributed by atoms with Crippen LogP contribution in [0.4, 0.5) is 0 Å². The molecule has 0 aromatic carbocycles. The van der Waals surface area contributed by atoms with Gasteiger partial charge in [-0.25, -0.2) is 0 Å². The van der Waals surface area contributed by atoms with E-state index in [4.69, 9.17) is 0 Å². The Morgan fingerprint density at radius 2 is 1.83 bits per heavy atom. The number of hydrogen-bond donors (Lipinski definition) is 0. The average Bonchev–Trinajstić information content (AvgIpc) is 2.32. The van der Waals surface area contributed by atoms with E-state index in [1.165, 1.54) is 0 Å². The molecule has 0 saturated heterocycles. The van der Waals surface area contributed by atoms with Crippen molar-refractivity contribution in [1.29, 1.82) is 0 Å². The predicted octanol–water partition coefficient (Wildman–Crippen LogP) is 1.92. The van der Waals surface area contributed by atoms with E-state index in [-0.39, 0.29) is 11.8 Å². The maximum Gasteiger partial charge on any atom is 0.245 e. The van der Waals surface area contributed by atoms with Crippen LogP contribution in [0.3, 0.4) is 0 Å². The van der Waals surface area contributed by atoms with E-state index in [2.05, 4.69) is 6.92 Å². The van der Waals surface area contributed by atoms with E-state index in [0.29, 0.717) is 12.3 Å². The van der Waals surface area contributed by atoms with Crippen molar-refractivity contribution in [2.45, 2.75) is 33.1 Å². The molecule has 0 rings (SSSR count). The second kappa shape index (κ2) is 8.72. The van der Waals surface area contributed by atoms with Gasteiger partial charge in [0.1, 0.15) is 0 Å². The fraction of sp³-hybridized carbons (Fsp3) is 0.714. The molecule has 0 aliphatic heterocycles. The van der Waals surface area contributed by atoms with Crippen molar-refractivity contribution in [3.63, 3.8) is 0 Å². The molecule has 2 amide bonds. The lowest BCUT2D eigenvalue weighted by atomic mass is 10.1. The van der Waals surface area contributed by atoms with Gasteiger partial charge in [0.15, 0.2) is 0 Å². The van der Waals surface area contributed by atoms with Crippen LogP contribution in [0, 0.1) is 5.92 Å². The molecule has 0 radical (unpaired) electrons. The van der Waals surface area contributed by atoms with Crippen molar-refractivity contribution >= 4 is 11.8 Å². The first-order valence-corrected chi connectivity index (χ1v) is 6.51. The minimum absolute atomic E-state index is 0.00253. The van der Waals surface area contributed by atoms with Crippen LogP contribution in [0.2, 0.25) is 0 Å². The van der Waals surface area contributed by atoms with Gasteiger partial charge in [-0.3, -0.25) is 9.59 Å². The van der Waals surface area contributed by atoms with E-state index in [9.17, 15) is 9.59 Å². The summed E-state index contributed by atoms with van der Waals surface area (Å²) in [5.41, 5.74) is 0. The Bertz CT molecular complexity index is 298. The second-order valence-electron chi connectivity index (χ2n) is 4.92. The molecule has 4 nitrogen and oxygen atoms in total. The van der Waals surface area contributed by atoms with Gasteiger partial charge in [0, 0.05) is 34.1 Å². The van der Waals surface area contributed by atoms with Crippen molar-refractivity contribution < 1.29 is 9.59 Å². The van der Waals surface area contributed by atoms with E-state index in [0.717, 1.165) is 19.4 Å². The van der Waals surface area contributed by atoms with Gasteiger partial charge in [0.2, 0.25) is 11.8 Å². The summed E-state index contributed by atoms with van der Waals surface area (Å²) in [4.78, 5) is 26.2. The van der Waals surface area contributed by atoms with Gasteiger partial charge in [-0.1, -0.05) is 19.9 Å². The minimum Gasteiger partial charge on any atom is -0.346 e. The summed E-state index contributed by atoms with van der Waals surface area (Å²) in [6.07, 6.45) is 5.87. The predicted molar refractivity (Wildman–Crippen MR) is 74.2 cm³/mol. The number of allylic oxidation sites excluding steroid dienone is 1. The van der Waals surface area contributed by atoms with E-state index >= 15 is 0 Å². The van der Waals surface area contributed by atoms with Gasteiger partial charge in [0.25, 0.3) is 0 Å². The van der Waals surface area contributed by atoms with Crippen LogP contribution in [0.15, 0.2) is 12.2 Å². The number of hydrogen-bond acceptors (Lipinski definition) is 2. The zero-order valence-corrected chi connectivity index (χ0v) is 12.3. The highest BCUT2D eigenvalue weighted by molar-refractivity contribution is 5.87. The van der Waals surface area contributed by atoms with Gasteiger partial charge < -0.3 is 9.80 Å². The van der Waals surface area contributed by atoms with Crippen LogP contribution >= 0.6 is 0 Å². The van der Waals surface area contributed by atoms with Crippen LogP contribution < -0.4 is 0 Å². The highest BCUT2D eigenvalue weighted by Crippen LogP contribution is 2.06. The Balaban J connectivity index is 4.00. The topological polar surface area (TPSA) is 40.6 Å². The van der Waals surface area contributed by atoms with Crippen molar-refractivity contribution in [2.75, 3.05) is 27.7 Å². The molecule has 18 heavy (non-hydrogen) atoms. The van der Waals surface area contributed by atoms with Crippen LogP contribution in [-0.2, 0) is 9.59 Å². The molecule has 0 aliphatic carbocycles. The lowest BCUT2D eigenvalue weighted by Gasteiger charge is -2.18. The summed E-state index contributed by atoms with van der Waals surface area (Å²) in [5.74, 6) is 0.487.